The molecule has 1 saturated heterocycles. The molecule has 2 N–H and O–H groups in total. The Morgan fingerprint density at radius 2 is 1.89 bits per heavy atom. The lowest BCUT2D eigenvalue weighted by molar-refractivity contribution is 0.0557. The minimum absolute atomic E-state index is 0.0122. The first-order valence-corrected chi connectivity index (χ1v) is 9.01. The van der Waals surface area contributed by atoms with E-state index in [4.69, 9.17) is 9.47 Å². The average molecular weight is 381 g/mol. The molecule has 0 spiro atoms. The molecular formula is C19H28FN3O4. The van der Waals surface area contributed by atoms with Gasteiger partial charge in [0.2, 0.25) is 0 Å². The van der Waals surface area contributed by atoms with E-state index in [2.05, 4.69) is 10.6 Å². The second-order valence-corrected chi connectivity index (χ2v) is 7.84. The number of halogens is 1. The molecule has 7 nitrogen and oxygen atoms in total. The van der Waals surface area contributed by atoms with Gasteiger partial charge in [-0.05, 0) is 52.8 Å². The molecule has 27 heavy (non-hydrogen) atoms. The van der Waals surface area contributed by atoms with Crippen molar-refractivity contribution in [3.05, 3.63) is 29.6 Å². The van der Waals surface area contributed by atoms with Crippen molar-refractivity contribution in [3.63, 3.8) is 0 Å². The first-order chi connectivity index (χ1) is 12.6. The van der Waals surface area contributed by atoms with E-state index >= 15 is 0 Å². The highest BCUT2D eigenvalue weighted by molar-refractivity contribution is 5.71. The molecule has 150 valence electrons. The van der Waals surface area contributed by atoms with Crippen LogP contribution in [0.25, 0.3) is 0 Å². The lowest BCUT2D eigenvalue weighted by Gasteiger charge is -2.38. The lowest BCUT2D eigenvalue weighted by Crippen LogP contribution is -2.57. The van der Waals surface area contributed by atoms with E-state index in [1.807, 2.05) is 34.6 Å². The Morgan fingerprint density at radius 1 is 1.26 bits per heavy atom. The second-order valence-electron chi connectivity index (χ2n) is 7.84. The van der Waals surface area contributed by atoms with Crippen LogP contribution in [0.5, 0.6) is 5.75 Å². The molecule has 1 aromatic carbocycles. The Hall–Kier alpha value is -2.35. The van der Waals surface area contributed by atoms with Gasteiger partial charge in [0, 0.05) is 36.3 Å². The van der Waals surface area contributed by atoms with E-state index < -0.39 is 23.5 Å². The van der Waals surface area contributed by atoms with Crippen molar-refractivity contribution < 1.29 is 23.5 Å². The summed E-state index contributed by atoms with van der Waals surface area (Å²) in [5.74, 6) is -0.360. The van der Waals surface area contributed by atoms with Crippen molar-refractivity contribution in [1.82, 2.24) is 15.5 Å². The van der Waals surface area contributed by atoms with Crippen LogP contribution < -0.4 is 15.4 Å². The van der Waals surface area contributed by atoms with Gasteiger partial charge in [0.25, 0.3) is 0 Å². The molecule has 1 heterocycles. The van der Waals surface area contributed by atoms with Crippen molar-refractivity contribution in [3.8, 4) is 5.75 Å². The van der Waals surface area contributed by atoms with Crippen LogP contribution in [0.4, 0.5) is 14.0 Å². The van der Waals surface area contributed by atoms with Crippen molar-refractivity contribution in [1.29, 1.82) is 0 Å². The molecule has 2 amide bonds. The Labute approximate surface area is 159 Å². The molecule has 0 saturated carbocycles. The summed E-state index contributed by atoms with van der Waals surface area (Å²) >= 11 is 0. The van der Waals surface area contributed by atoms with Gasteiger partial charge >= 0.3 is 12.2 Å². The number of carbonyl (C=O) groups is 2. The Bertz CT molecular complexity index is 680. The third kappa shape index (κ3) is 6.09. The molecule has 8 heteroatoms. The van der Waals surface area contributed by atoms with Crippen molar-refractivity contribution in [2.75, 3.05) is 13.1 Å². The van der Waals surface area contributed by atoms with Crippen LogP contribution in [0.15, 0.2) is 18.2 Å². The normalized spacial score (nSPS) is 20.1. The number of piperazine rings is 1. The molecule has 2 rings (SSSR count). The minimum atomic E-state index is -0.638. The van der Waals surface area contributed by atoms with Gasteiger partial charge in [-0.2, -0.15) is 0 Å². The van der Waals surface area contributed by atoms with E-state index in [-0.39, 0.29) is 30.0 Å². The largest absolute Gasteiger partial charge is 0.444 e. The Morgan fingerprint density at radius 3 is 2.48 bits per heavy atom. The second kappa shape index (κ2) is 8.56. The van der Waals surface area contributed by atoms with Gasteiger partial charge in [-0.3, -0.25) is 0 Å². The number of rotatable bonds is 3. The monoisotopic (exact) mass is 381 g/mol. The molecule has 2 unspecified atom stereocenters. The summed E-state index contributed by atoms with van der Waals surface area (Å²) in [5, 5.41) is 5.88. The Balaban J connectivity index is 1.99. The molecule has 1 aliphatic rings. The molecular weight excluding hydrogens is 353 g/mol. The number of hydrogen-bond acceptors (Lipinski definition) is 5. The third-order valence-corrected chi connectivity index (χ3v) is 4.10. The minimum Gasteiger partial charge on any atom is -0.444 e. The highest BCUT2D eigenvalue weighted by Crippen LogP contribution is 2.19. The SMILES string of the molecule is CC1CNCC(C)N1C(=O)OCc1cc(OC(=O)NC(C)(C)C)ccc1F. The number of carbonyl (C=O) groups excluding carboxylic acids is 2. The smallest absolute Gasteiger partial charge is 0.413 e. The van der Waals surface area contributed by atoms with E-state index in [9.17, 15) is 14.0 Å². The molecule has 1 aliphatic heterocycles. The molecule has 0 aliphatic carbocycles. The molecule has 2 atom stereocenters. The van der Waals surface area contributed by atoms with Gasteiger partial charge in [0.15, 0.2) is 0 Å². The fourth-order valence-electron chi connectivity index (χ4n) is 2.87. The summed E-state index contributed by atoms with van der Waals surface area (Å²) in [7, 11) is 0. The third-order valence-electron chi connectivity index (χ3n) is 4.10. The predicted molar refractivity (Wildman–Crippen MR) is 99.1 cm³/mol. The zero-order valence-electron chi connectivity index (χ0n) is 16.5. The number of nitrogens with one attached hydrogen (secondary N) is 2. The zero-order chi connectivity index (χ0) is 20.2. The first kappa shape index (κ1) is 21.0. The van der Waals surface area contributed by atoms with E-state index in [0.29, 0.717) is 13.1 Å². The van der Waals surface area contributed by atoms with Crippen LogP contribution in [0.1, 0.15) is 40.2 Å². The summed E-state index contributed by atoms with van der Waals surface area (Å²) in [4.78, 5) is 25.9. The van der Waals surface area contributed by atoms with Crippen LogP contribution >= 0.6 is 0 Å². The molecule has 1 fully saturated rings. The number of benzene rings is 1. The van der Waals surface area contributed by atoms with Gasteiger partial charge in [-0.1, -0.05) is 0 Å². The molecule has 0 radical (unpaired) electrons. The summed E-state index contributed by atoms with van der Waals surface area (Å²) < 4.78 is 24.5. The number of amides is 2. The van der Waals surface area contributed by atoms with Gasteiger partial charge in [-0.15, -0.1) is 0 Å². The summed E-state index contributed by atoms with van der Waals surface area (Å²) in [6.45, 7) is 10.4. The van der Waals surface area contributed by atoms with E-state index in [0.717, 1.165) is 0 Å². The highest BCUT2D eigenvalue weighted by atomic mass is 19.1. The average Bonchev–Trinajstić information content (AvgIpc) is 2.53. The maximum absolute atomic E-state index is 14.1. The van der Waals surface area contributed by atoms with Crippen LogP contribution in [0.3, 0.4) is 0 Å². The Kier molecular flexibility index (Phi) is 6.64. The van der Waals surface area contributed by atoms with Crippen molar-refractivity contribution in [2.24, 2.45) is 0 Å². The van der Waals surface area contributed by atoms with Crippen LogP contribution in [-0.4, -0.2) is 47.8 Å². The van der Waals surface area contributed by atoms with Gasteiger partial charge in [0.1, 0.15) is 18.2 Å². The van der Waals surface area contributed by atoms with Crippen LogP contribution in [-0.2, 0) is 11.3 Å². The van der Waals surface area contributed by atoms with Crippen LogP contribution in [0, 0.1) is 5.82 Å². The molecule has 1 aromatic rings. The highest BCUT2D eigenvalue weighted by Gasteiger charge is 2.30. The van der Waals surface area contributed by atoms with E-state index in [1.54, 1.807) is 4.90 Å². The van der Waals surface area contributed by atoms with Crippen molar-refractivity contribution in [2.45, 2.75) is 58.8 Å². The number of ether oxygens (including phenoxy) is 2. The van der Waals surface area contributed by atoms with Gasteiger partial charge in [-0.25, -0.2) is 14.0 Å². The lowest BCUT2D eigenvalue weighted by atomic mass is 10.1. The molecule has 0 aromatic heterocycles. The number of nitrogens with zero attached hydrogens (tertiary/aromatic N) is 1. The van der Waals surface area contributed by atoms with Gasteiger partial charge in [0.05, 0.1) is 0 Å². The maximum atomic E-state index is 14.1. The van der Waals surface area contributed by atoms with Crippen molar-refractivity contribution >= 4 is 12.2 Å². The maximum Gasteiger partial charge on any atom is 0.413 e. The summed E-state index contributed by atoms with van der Waals surface area (Å²) in [6, 6.07) is 3.86. The quantitative estimate of drug-likeness (QED) is 0.841. The fraction of sp³-hybridized carbons (Fsp3) is 0.579. The number of hydrogen-bond donors (Lipinski definition) is 2. The van der Waals surface area contributed by atoms with Crippen LogP contribution in [0.2, 0.25) is 0 Å². The zero-order valence-corrected chi connectivity index (χ0v) is 16.5. The first-order valence-electron chi connectivity index (χ1n) is 9.01. The fourth-order valence-corrected chi connectivity index (χ4v) is 2.87. The molecule has 0 bridgehead atoms. The topological polar surface area (TPSA) is 79.9 Å². The standard InChI is InChI=1S/C19H28FN3O4/c1-12-9-21-10-13(2)23(12)18(25)26-11-14-8-15(6-7-16(14)20)27-17(24)22-19(3,4)5/h6-8,12-13,21H,9-11H2,1-5H3,(H,22,24). The van der Waals surface area contributed by atoms with E-state index in [1.165, 1.54) is 18.2 Å². The van der Waals surface area contributed by atoms with Gasteiger partial charge < -0.3 is 25.0 Å². The summed E-state index contributed by atoms with van der Waals surface area (Å²) in [5.41, 5.74) is -0.313. The summed E-state index contributed by atoms with van der Waals surface area (Å²) in [6.07, 6.45) is -1.13. The predicted octanol–water partition coefficient (Wildman–Crippen LogP) is 3.03.